The molecule has 2 unspecified atom stereocenters. The molecular formula is C12H21N3O. The highest BCUT2D eigenvalue weighted by Gasteiger charge is 2.25. The molecule has 0 saturated carbocycles. The molecule has 16 heavy (non-hydrogen) atoms. The van der Waals surface area contributed by atoms with Crippen molar-refractivity contribution < 1.29 is 4.74 Å². The zero-order valence-corrected chi connectivity index (χ0v) is 10.1. The van der Waals surface area contributed by atoms with Crippen molar-refractivity contribution in [2.24, 2.45) is 13.0 Å². The van der Waals surface area contributed by atoms with Gasteiger partial charge in [-0.05, 0) is 25.5 Å². The number of aromatic nitrogens is 2. The lowest BCUT2D eigenvalue weighted by Gasteiger charge is -2.31. The second kappa shape index (κ2) is 5.46. The topological polar surface area (TPSA) is 39.1 Å². The second-order valence-corrected chi connectivity index (χ2v) is 4.47. The Labute approximate surface area is 97.0 Å². The molecule has 1 aliphatic rings. The summed E-state index contributed by atoms with van der Waals surface area (Å²) in [7, 11) is 1.96. The van der Waals surface area contributed by atoms with Crippen molar-refractivity contribution in [3.63, 3.8) is 0 Å². The van der Waals surface area contributed by atoms with E-state index in [-0.39, 0.29) is 0 Å². The van der Waals surface area contributed by atoms with Gasteiger partial charge in [-0.3, -0.25) is 4.68 Å². The van der Waals surface area contributed by atoms with Gasteiger partial charge in [0.1, 0.15) is 0 Å². The summed E-state index contributed by atoms with van der Waals surface area (Å²) in [5, 5.41) is 7.98. The third-order valence-electron chi connectivity index (χ3n) is 3.18. The van der Waals surface area contributed by atoms with E-state index >= 15 is 0 Å². The van der Waals surface area contributed by atoms with Gasteiger partial charge in [0.25, 0.3) is 0 Å². The Morgan fingerprint density at radius 1 is 1.62 bits per heavy atom. The van der Waals surface area contributed by atoms with Crippen LogP contribution < -0.4 is 5.32 Å². The van der Waals surface area contributed by atoms with Crippen molar-refractivity contribution in [1.82, 2.24) is 15.1 Å². The van der Waals surface area contributed by atoms with Crippen molar-refractivity contribution in [2.45, 2.75) is 25.8 Å². The van der Waals surface area contributed by atoms with E-state index in [4.69, 9.17) is 4.74 Å². The van der Waals surface area contributed by atoms with E-state index in [1.807, 2.05) is 17.9 Å². The van der Waals surface area contributed by atoms with E-state index < -0.39 is 0 Å². The number of ether oxygens (including phenoxy) is 1. The number of hydrogen-bond donors (Lipinski definition) is 1. The first-order chi connectivity index (χ1) is 7.79. The number of hydrogen-bond acceptors (Lipinski definition) is 3. The molecule has 4 heteroatoms. The summed E-state index contributed by atoms with van der Waals surface area (Å²) in [6.07, 6.45) is 4.13. The van der Waals surface area contributed by atoms with E-state index in [0.717, 1.165) is 32.6 Å². The van der Waals surface area contributed by atoms with Crippen LogP contribution in [-0.4, -0.2) is 35.6 Å². The fourth-order valence-corrected chi connectivity index (χ4v) is 2.37. The normalized spacial score (nSPS) is 25.9. The average molecular weight is 223 g/mol. The van der Waals surface area contributed by atoms with Gasteiger partial charge in [-0.25, -0.2) is 0 Å². The molecule has 0 bridgehead atoms. The summed E-state index contributed by atoms with van der Waals surface area (Å²) in [4.78, 5) is 0. The lowest BCUT2D eigenvalue weighted by Crippen LogP contribution is -2.43. The SMILES string of the molecule is CCNC1CCOCC1Cc1ccn(C)n1. The van der Waals surface area contributed by atoms with Crippen LogP contribution in [0.1, 0.15) is 19.0 Å². The first kappa shape index (κ1) is 11.6. The Kier molecular flexibility index (Phi) is 3.96. The Hall–Kier alpha value is -0.870. The van der Waals surface area contributed by atoms with Crippen molar-refractivity contribution in [1.29, 1.82) is 0 Å². The molecule has 1 N–H and O–H groups in total. The van der Waals surface area contributed by atoms with Gasteiger partial charge in [0.15, 0.2) is 0 Å². The Bertz CT molecular complexity index is 322. The largest absolute Gasteiger partial charge is 0.381 e. The minimum Gasteiger partial charge on any atom is -0.381 e. The fourth-order valence-electron chi connectivity index (χ4n) is 2.37. The lowest BCUT2D eigenvalue weighted by atomic mass is 9.91. The highest BCUT2D eigenvalue weighted by molar-refractivity contribution is 5.01. The summed E-state index contributed by atoms with van der Waals surface area (Å²) in [6, 6.07) is 2.68. The summed E-state index contributed by atoms with van der Waals surface area (Å²) >= 11 is 0. The fraction of sp³-hybridized carbons (Fsp3) is 0.750. The van der Waals surface area contributed by atoms with Crippen LogP contribution in [0.15, 0.2) is 12.3 Å². The highest BCUT2D eigenvalue weighted by Crippen LogP contribution is 2.18. The molecule has 1 aromatic rings. The van der Waals surface area contributed by atoms with Gasteiger partial charge in [0.2, 0.25) is 0 Å². The van der Waals surface area contributed by atoms with Crippen LogP contribution >= 0.6 is 0 Å². The summed E-state index contributed by atoms with van der Waals surface area (Å²) < 4.78 is 7.43. The van der Waals surface area contributed by atoms with Gasteiger partial charge in [0, 0.05) is 31.8 Å². The zero-order chi connectivity index (χ0) is 11.4. The summed E-state index contributed by atoms with van der Waals surface area (Å²) in [6.45, 7) is 4.93. The first-order valence-corrected chi connectivity index (χ1v) is 6.09. The molecule has 1 fully saturated rings. The number of nitrogens with one attached hydrogen (secondary N) is 1. The van der Waals surface area contributed by atoms with Crippen molar-refractivity contribution in [3.05, 3.63) is 18.0 Å². The molecule has 2 atom stereocenters. The van der Waals surface area contributed by atoms with Gasteiger partial charge >= 0.3 is 0 Å². The molecule has 1 aliphatic heterocycles. The van der Waals surface area contributed by atoms with Gasteiger partial charge in [-0.1, -0.05) is 6.92 Å². The zero-order valence-electron chi connectivity index (χ0n) is 10.1. The van der Waals surface area contributed by atoms with Crippen LogP contribution in [0, 0.1) is 5.92 Å². The Morgan fingerprint density at radius 3 is 3.19 bits per heavy atom. The molecule has 0 spiro atoms. The second-order valence-electron chi connectivity index (χ2n) is 4.47. The van der Waals surface area contributed by atoms with Crippen molar-refractivity contribution in [2.75, 3.05) is 19.8 Å². The molecule has 4 nitrogen and oxygen atoms in total. The van der Waals surface area contributed by atoms with Gasteiger partial charge in [-0.2, -0.15) is 5.10 Å². The minimum absolute atomic E-state index is 0.559. The standard InChI is InChI=1S/C12H21N3O/c1-3-13-12-5-7-16-9-10(12)8-11-4-6-15(2)14-11/h4,6,10,12-13H,3,5,7-9H2,1-2H3. The van der Waals surface area contributed by atoms with Gasteiger partial charge in [0.05, 0.1) is 12.3 Å². The highest BCUT2D eigenvalue weighted by atomic mass is 16.5. The predicted octanol–water partition coefficient (Wildman–Crippen LogP) is 0.977. The lowest BCUT2D eigenvalue weighted by molar-refractivity contribution is 0.0323. The smallest absolute Gasteiger partial charge is 0.0628 e. The number of aryl methyl sites for hydroxylation is 1. The van der Waals surface area contributed by atoms with Gasteiger partial charge < -0.3 is 10.1 Å². The molecule has 0 amide bonds. The van der Waals surface area contributed by atoms with Crippen LogP contribution in [0.5, 0.6) is 0 Å². The van der Waals surface area contributed by atoms with Crippen molar-refractivity contribution >= 4 is 0 Å². The monoisotopic (exact) mass is 223 g/mol. The molecule has 0 aromatic carbocycles. The molecule has 1 aromatic heterocycles. The van der Waals surface area contributed by atoms with Crippen LogP contribution in [0.3, 0.4) is 0 Å². The van der Waals surface area contributed by atoms with E-state index in [1.54, 1.807) is 0 Å². The molecule has 2 heterocycles. The third-order valence-corrected chi connectivity index (χ3v) is 3.18. The maximum Gasteiger partial charge on any atom is 0.0628 e. The van der Waals surface area contributed by atoms with Crippen LogP contribution in [-0.2, 0) is 18.2 Å². The van der Waals surface area contributed by atoms with E-state index in [9.17, 15) is 0 Å². The van der Waals surface area contributed by atoms with Crippen molar-refractivity contribution in [3.8, 4) is 0 Å². The Morgan fingerprint density at radius 2 is 2.50 bits per heavy atom. The van der Waals surface area contributed by atoms with Crippen LogP contribution in [0.4, 0.5) is 0 Å². The van der Waals surface area contributed by atoms with Crippen LogP contribution in [0.2, 0.25) is 0 Å². The quantitative estimate of drug-likeness (QED) is 0.827. The maximum atomic E-state index is 5.56. The van der Waals surface area contributed by atoms with Gasteiger partial charge in [-0.15, -0.1) is 0 Å². The molecule has 90 valence electrons. The van der Waals surface area contributed by atoms with E-state index in [2.05, 4.69) is 23.4 Å². The summed E-state index contributed by atoms with van der Waals surface area (Å²) in [5.41, 5.74) is 1.17. The molecular weight excluding hydrogens is 202 g/mol. The Balaban J connectivity index is 1.95. The summed E-state index contributed by atoms with van der Waals surface area (Å²) in [5.74, 6) is 0.559. The van der Waals surface area contributed by atoms with E-state index in [0.29, 0.717) is 12.0 Å². The maximum absolute atomic E-state index is 5.56. The molecule has 1 saturated heterocycles. The first-order valence-electron chi connectivity index (χ1n) is 6.09. The number of rotatable bonds is 4. The third kappa shape index (κ3) is 2.83. The molecule has 0 aliphatic carbocycles. The average Bonchev–Trinajstić information content (AvgIpc) is 2.67. The van der Waals surface area contributed by atoms with Crippen LogP contribution in [0.25, 0.3) is 0 Å². The molecule has 0 radical (unpaired) electrons. The molecule has 2 rings (SSSR count). The minimum atomic E-state index is 0.559. The van der Waals surface area contributed by atoms with E-state index in [1.165, 1.54) is 5.69 Å². The number of nitrogens with zero attached hydrogens (tertiary/aromatic N) is 2. The predicted molar refractivity (Wildman–Crippen MR) is 63.3 cm³/mol.